The van der Waals surface area contributed by atoms with E-state index in [1.165, 1.54) is 0 Å². The number of amides is 3. The summed E-state index contributed by atoms with van der Waals surface area (Å²) in [6.07, 6.45) is -0.876. The molecule has 0 spiro atoms. The number of benzene rings is 1. The van der Waals surface area contributed by atoms with Crippen LogP contribution in [0.3, 0.4) is 0 Å². The second kappa shape index (κ2) is 16.8. The summed E-state index contributed by atoms with van der Waals surface area (Å²) in [6.45, 7) is 7.16. The van der Waals surface area contributed by atoms with Crippen molar-refractivity contribution in [2.45, 2.75) is 84.1 Å². The fraction of sp³-hybridized carbons (Fsp3) is 0.577. The van der Waals surface area contributed by atoms with Gasteiger partial charge >= 0.3 is 24.1 Å². The number of hydrogen-bond donors (Lipinski definition) is 4. The van der Waals surface area contributed by atoms with E-state index in [-0.39, 0.29) is 39.0 Å². The minimum Gasteiger partial charge on any atom is -0.481 e. The maximum Gasteiger partial charge on any atom is 0.408 e. The van der Waals surface area contributed by atoms with E-state index < -0.39 is 47.7 Å². The second-order valence-corrected chi connectivity index (χ2v) is 9.43. The van der Waals surface area contributed by atoms with Crippen molar-refractivity contribution in [3.8, 4) is 0 Å². The van der Waals surface area contributed by atoms with Gasteiger partial charge in [-0.2, -0.15) is 0 Å². The molecule has 12 heteroatoms. The fourth-order valence-electron chi connectivity index (χ4n) is 3.19. The number of rotatable bonds is 15. The standard InChI is InChI=1S/C26H39N3O9/c1-5-36-23(33)20(14-15-21(30)31)28-22(32)19(13-9-10-16-27-24(34)38-26(2,3)4)29-25(35)37-17-18-11-7-6-8-12-18/h6-8,11-12,19-20H,5,9-10,13-17H2,1-4H3,(H,27,34)(H,28,32)(H,29,35)(H,30,31)/t19-,20+/m0/s1. The van der Waals surface area contributed by atoms with Crippen molar-refractivity contribution in [3.63, 3.8) is 0 Å². The Morgan fingerprint density at radius 3 is 2.18 bits per heavy atom. The van der Waals surface area contributed by atoms with Crippen LogP contribution in [0.2, 0.25) is 0 Å². The lowest BCUT2D eigenvalue weighted by molar-refractivity contribution is -0.148. The summed E-state index contributed by atoms with van der Waals surface area (Å²) >= 11 is 0. The molecule has 0 aliphatic heterocycles. The maximum atomic E-state index is 13.0. The van der Waals surface area contributed by atoms with Crippen molar-refractivity contribution < 1.29 is 43.3 Å². The van der Waals surface area contributed by atoms with Crippen LogP contribution in [0.15, 0.2) is 30.3 Å². The molecule has 2 atom stereocenters. The topological polar surface area (TPSA) is 169 Å². The van der Waals surface area contributed by atoms with Gasteiger partial charge in [0.25, 0.3) is 0 Å². The number of hydrogen-bond acceptors (Lipinski definition) is 8. The molecule has 4 N–H and O–H groups in total. The van der Waals surface area contributed by atoms with Gasteiger partial charge in [-0.3, -0.25) is 9.59 Å². The first-order chi connectivity index (χ1) is 17.9. The van der Waals surface area contributed by atoms with Crippen LogP contribution in [0.25, 0.3) is 0 Å². The Balaban J connectivity index is 2.77. The molecule has 3 amide bonds. The van der Waals surface area contributed by atoms with E-state index in [9.17, 15) is 24.0 Å². The van der Waals surface area contributed by atoms with Gasteiger partial charge < -0.3 is 35.3 Å². The molecule has 0 saturated carbocycles. The first-order valence-electron chi connectivity index (χ1n) is 12.5. The smallest absolute Gasteiger partial charge is 0.408 e. The number of nitrogens with one attached hydrogen (secondary N) is 3. The van der Waals surface area contributed by atoms with E-state index in [4.69, 9.17) is 19.3 Å². The Kier molecular flexibility index (Phi) is 14.3. The molecule has 212 valence electrons. The first-order valence-corrected chi connectivity index (χ1v) is 12.5. The van der Waals surface area contributed by atoms with Crippen LogP contribution in [0.5, 0.6) is 0 Å². The van der Waals surface area contributed by atoms with Crippen molar-refractivity contribution in [2.24, 2.45) is 0 Å². The Hall–Kier alpha value is -3.83. The summed E-state index contributed by atoms with van der Waals surface area (Å²) in [6, 6.07) is 6.70. The van der Waals surface area contributed by atoms with Gasteiger partial charge in [0, 0.05) is 13.0 Å². The van der Waals surface area contributed by atoms with Crippen LogP contribution in [-0.2, 0) is 35.2 Å². The van der Waals surface area contributed by atoms with Crippen molar-refractivity contribution >= 4 is 30.0 Å². The van der Waals surface area contributed by atoms with Gasteiger partial charge in [-0.05, 0) is 58.9 Å². The molecule has 12 nitrogen and oxygen atoms in total. The van der Waals surface area contributed by atoms with Crippen LogP contribution < -0.4 is 16.0 Å². The van der Waals surface area contributed by atoms with Crippen LogP contribution in [0, 0.1) is 0 Å². The van der Waals surface area contributed by atoms with Crippen molar-refractivity contribution in [2.75, 3.05) is 13.2 Å². The van der Waals surface area contributed by atoms with Gasteiger partial charge in [0.05, 0.1) is 6.61 Å². The molecule has 0 unspecified atom stereocenters. The molecule has 1 rings (SSSR count). The highest BCUT2D eigenvalue weighted by atomic mass is 16.6. The lowest BCUT2D eigenvalue weighted by Gasteiger charge is -2.22. The van der Waals surface area contributed by atoms with Crippen LogP contribution in [0.1, 0.15) is 65.4 Å². The Morgan fingerprint density at radius 2 is 1.58 bits per heavy atom. The van der Waals surface area contributed by atoms with Gasteiger partial charge in [-0.1, -0.05) is 30.3 Å². The van der Waals surface area contributed by atoms with Gasteiger partial charge in [0.15, 0.2) is 0 Å². The Bertz CT molecular complexity index is 916. The number of esters is 1. The number of carbonyl (C=O) groups excluding carboxylic acids is 4. The van der Waals surface area contributed by atoms with E-state index >= 15 is 0 Å². The summed E-state index contributed by atoms with van der Waals surface area (Å²) in [5, 5.41) is 16.6. The number of aliphatic carboxylic acids is 1. The quantitative estimate of drug-likeness (QED) is 0.149. The zero-order valence-electron chi connectivity index (χ0n) is 22.4. The molecular formula is C26H39N3O9. The van der Waals surface area contributed by atoms with E-state index in [0.29, 0.717) is 12.8 Å². The summed E-state index contributed by atoms with van der Waals surface area (Å²) < 4.78 is 15.3. The molecule has 1 aromatic carbocycles. The Morgan fingerprint density at radius 1 is 0.895 bits per heavy atom. The maximum absolute atomic E-state index is 13.0. The molecule has 38 heavy (non-hydrogen) atoms. The highest BCUT2D eigenvalue weighted by Crippen LogP contribution is 2.09. The van der Waals surface area contributed by atoms with Crippen molar-refractivity contribution in [1.29, 1.82) is 0 Å². The normalized spacial score (nSPS) is 12.4. The van der Waals surface area contributed by atoms with Gasteiger partial charge in [-0.15, -0.1) is 0 Å². The average Bonchev–Trinajstić information content (AvgIpc) is 2.83. The van der Waals surface area contributed by atoms with Crippen molar-refractivity contribution in [1.82, 2.24) is 16.0 Å². The molecule has 0 radical (unpaired) electrons. The van der Waals surface area contributed by atoms with Gasteiger partial charge in [0.1, 0.15) is 24.3 Å². The summed E-state index contributed by atoms with van der Waals surface area (Å²) in [5.41, 5.74) is 0.126. The zero-order valence-corrected chi connectivity index (χ0v) is 22.4. The molecule has 0 aromatic heterocycles. The first kappa shape index (κ1) is 32.2. The predicted octanol–water partition coefficient (Wildman–Crippen LogP) is 2.89. The third-order valence-corrected chi connectivity index (χ3v) is 4.94. The Labute approximate surface area is 222 Å². The number of alkyl carbamates (subject to hydrolysis) is 2. The van der Waals surface area contributed by atoms with E-state index in [1.807, 2.05) is 6.07 Å². The summed E-state index contributed by atoms with van der Waals surface area (Å²) in [7, 11) is 0. The summed E-state index contributed by atoms with van der Waals surface area (Å²) in [5.74, 6) is -2.59. The largest absolute Gasteiger partial charge is 0.481 e. The number of carboxylic acid groups (broad SMARTS) is 1. The predicted molar refractivity (Wildman–Crippen MR) is 137 cm³/mol. The van der Waals surface area contributed by atoms with Crippen LogP contribution in [-0.4, -0.2) is 66.0 Å². The minimum atomic E-state index is -1.20. The van der Waals surface area contributed by atoms with Crippen LogP contribution >= 0.6 is 0 Å². The zero-order chi connectivity index (χ0) is 28.6. The number of carbonyl (C=O) groups is 5. The van der Waals surface area contributed by atoms with E-state index in [1.54, 1.807) is 52.0 Å². The van der Waals surface area contributed by atoms with Gasteiger partial charge in [0.2, 0.25) is 5.91 Å². The lowest BCUT2D eigenvalue weighted by atomic mass is 10.1. The van der Waals surface area contributed by atoms with Crippen molar-refractivity contribution in [3.05, 3.63) is 35.9 Å². The minimum absolute atomic E-state index is 0.00904. The monoisotopic (exact) mass is 537 g/mol. The molecule has 1 aromatic rings. The number of unbranched alkanes of at least 4 members (excludes halogenated alkanes) is 1. The molecular weight excluding hydrogens is 498 g/mol. The average molecular weight is 538 g/mol. The van der Waals surface area contributed by atoms with E-state index in [0.717, 1.165) is 5.56 Å². The number of ether oxygens (including phenoxy) is 3. The molecule has 0 fully saturated rings. The highest BCUT2D eigenvalue weighted by molar-refractivity contribution is 5.89. The second-order valence-electron chi connectivity index (χ2n) is 9.43. The molecule has 0 bridgehead atoms. The molecule has 0 aliphatic carbocycles. The molecule has 0 saturated heterocycles. The SMILES string of the molecule is CCOC(=O)[C@@H](CCC(=O)O)NC(=O)[C@H](CCCCNC(=O)OC(C)(C)C)NC(=O)OCc1ccccc1. The number of carboxylic acids is 1. The van der Waals surface area contributed by atoms with Gasteiger partial charge in [-0.25, -0.2) is 14.4 Å². The third-order valence-electron chi connectivity index (χ3n) is 4.94. The fourth-order valence-corrected chi connectivity index (χ4v) is 3.19. The summed E-state index contributed by atoms with van der Waals surface area (Å²) in [4.78, 5) is 60.5. The lowest BCUT2D eigenvalue weighted by Crippen LogP contribution is -2.52. The highest BCUT2D eigenvalue weighted by Gasteiger charge is 2.28. The molecule has 0 aliphatic rings. The van der Waals surface area contributed by atoms with Crippen LogP contribution in [0.4, 0.5) is 9.59 Å². The third kappa shape index (κ3) is 14.7. The molecule has 0 heterocycles. The van der Waals surface area contributed by atoms with E-state index in [2.05, 4.69) is 16.0 Å².